The number of anilines is 1. The molecule has 1 atom stereocenters. The van der Waals surface area contributed by atoms with Crippen molar-refractivity contribution in [2.75, 3.05) is 18.5 Å². The Kier molecular flexibility index (Phi) is 6.44. The van der Waals surface area contributed by atoms with Crippen LogP contribution in [-0.4, -0.2) is 39.1 Å². The lowest BCUT2D eigenvalue weighted by Gasteiger charge is -2.17. The Morgan fingerprint density at radius 3 is 2.31 bits per heavy atom. The Labute approximate surface area is 158 Å². The molecular weight excluding hydrogens is 372 g/mol. The van der Waals surface area contributed by atoms with Gasteiger partial charge in [-0.3, -0.25) is 4.79 Å². The van der Waals surface area contributed by atoms with Gasteiger partial charge in [-0.1, -0.05) is 26.0 Å². The van der Waals surface area contributed by atoms with Crippen LogP contribution in [0.1, 0.15) is 20.8 Å². The molecule has 0 spiro atoms. The number of carbonyl (C=O) groups is 1. The largest absolute Gasteiger partial charge is 0.480 e. The van der Waals surface area contributed by atoms with E-state index in [9.17, 15) is 18.3 Å². The maximum atomic E-state index is 12.5. The van der Waals surface area contributed by atoms with E-state index < -0.39 is 22.0 Å². The average Bonchev–Trinajstić information content (AvgIpc) is 3.09. The van der Waals surface area contributed by atoms with Gasteiger partial charge < -0.3 is 10.0 Å². The van der Waals surface area contributed by atoms with Crippen LogP contribution < -0.4 is 9.62 Å². The van der Waals surface area contributed by atoms with Crippen molar-refractivity contribution in [3.8, 4) is 10.4 Å². The van der Waals surface area contributed by atoms with Gasteiger partial charge in [-0.2, -0.15) is 4.72 Å². The van der Waals surface area contributed by atoms with Crippen molar-refractivity contribution in [1.82, 2.24) is 4.72 Å². The molecular formula is C18H24N2O4S2. The van der Waals surface area contributed by atoms with Gasteiger partial charge in [0.2, 0.25) is 0 Å². The third-order valence-corrected chi connectivity index (χ3v) is 7.20. The predicted octanol–water partition coefficient (Wildman–Crippen LogP) is 3.26. The molecule has 6 nitrogen and oxygen atoms in total. The smallest absolute Gasteiger partial charge is 0.322 e. The van der Waals surface area contributed by atoms with Crippen molar-refractivity contribution < 1.29 is 18.3 Å². The normalized spacial score (nSPS) is 13.0. The van der Waals surface area contributed by atoms with E-state index in [-0.39, 0.29) is 10.1 Å². The van der Waals surface area contributed by atoms with Crippen molar-refractivity contribution >= 4 is 33.0 Å². The zero-order valence-corrected chi connectivity index (χ0v) is 16.9. The molecule has 2 rings (SSSR count). The number of benzene rings is 1. The topological polar surface area (TPSA) is 86.7 Å². The first-order valence-electron chi connectivity index (χ1n) is 8.32. The van der Waals surface area contributed by atoms with Gasteiger partial charge in [-0.15, -0.1) is 11.3 Å². The van der Waals surface area contributed by atoms with Gasteiger partial charge in [-0.25, -0.2) is 8.42 Å². The quantitative estimate of drug-likeness (QED) is 0.715. The highest BCUT2D eigenvalue weighted by atomic mass is 32.2. The van der Waals surface area contributed by atoms with Crippen molar-refractivity contribution in [2.45, 2.75) is 31.0 Å². The third kappa shape index (κ3) is 4.63. The predicted molar refractivity (Wildman–Crippen MR) is 105 cm³/mol. The van der Waals surface area contributed by atoms with Gasteiger partial charge >= 0.3 is 5.97 Å². The summed E-state index contributed by atoms with van der Waals surface area (Å²) in [6, 6.07) is 9.97. The standard InChI is InChI=1S/C18H24N2O4S2/c1-5-20(4)14-8-6-13(7-9-14)15-10-11-16(25-15)26(23,24)19-17(12(2)3)18(21)22/h6-12,17,19H,5H2,1-4H3,(H,21,22)/t17-/m1/s1. The maximum Gasteiger partial charge on any atom is 0.322 e. The summed E-state index contributed by atoms with van der Waals surface area (Å²) in [7, 11) is -1.88. The number of hydrogen-bond donors (Lipinski definition) is 2. The molecule has 0 aliphatic rings. The van der Waals surface area contributed by atoms with E-state index in [0.717, 1.165) is 34.0 Å². The number of nitrogens with one attached hydrogen (secondary N) is 1. The second-order valence-electron chi connectivity index (χ2n) is 6.36. The lowest BCUT2D eigenvalue weighted by molar-refractivity contribution is -0.140. The minimum Gasteiger partial charge on any atom is -0.480 e. The van der Waals surface area contributed by atoms with E-state index in [1.807, 2.05) is 31.3 Å². The molecule has 0 saturated carbocycles. The first kappa shape index (κ1) is 20.4. The summed E-state index contributed by atoms with van der Waals surface area (Å²) in [6.45, 7) is 6.29. The fraction of sp³-hybridized carbons (Fsp3) is 0.389. The maximum absolute atomic E-state index is 12.5. The highest BCUT2D eigenvalue weighted by molar-refractivity contribution is 7.91. The average molecular weight is 397 g/mol. The molecule has 0 aliphatic carbocycles. The SMILES string of the molecule is CCN(C)c1ccc(-c2ccc(S(=O)(=O)N[C@@H](C(=O)O)C(C)C)s2)cc1. The van der Waals surface area contributed by atoms with Crippen LogP contribution >= 0.6 is 11.3 Å². The van der Waals surface area contributed by atoms with Crippen molar-refractivity contribution in [1.29, 1.82) is 0 Å². The Balaban J connectivity index is 2.24. The van der Waals surface area contributed by atoms with Crippen molar-refractivity contribution in [3.63, 3.8) is 0 Å². The molecule has 2 aromatic rings. The van der Waals surface area contributed by atoms with E-state index in [1.54, 1.807) is 19.9 Å². The summed E-state index contributed by atoms with van der Waals surface area (Å²) in [5.41, 5.74) is 2.01. The number of thiophene rings is 1. The molecule has 8 heteroatoms. The second kappa shape index (κ2) is 8.20. The zero-order valence-electron chi connectivity index (χ0n) is 15.3. The Morgan fingerprint density at radius 2 is 1.81 bits per heavy atom. The third-order valence-electron chi connectivity index (χ3n) is 4.13. The second-order valence-corrected chi connectivity index (χ2v) is 9.39. The highest BCUT2D eigenvalue weighted by Gasteiger charge is 2.29. The summed E-state index contributed by atoms with van der Waals surface area (Å²) in [6.07, 6.45) is 0. The lowest BCUT2D eigenvalue weighted by Crippen LogP contribution is -2.43. The number of nitrogens with zero attached hydrogens (tertiary/aromatic N) is 1. The molecule has 0 amide bonds. The van der Waals surface area contributed by atoms with Gasteiger partial charge in [0.15, 0.2) is 0 Å². The lowest BCUT2D eigenvalue weighted by atomic mass is 10.1. The van der Waals surface area contributed by atoms with E-state index in [4.69, 9.17) is 0 Å². The molecule has 2 N–H and O–H groups in total. The summed E-state index contributed by atoms with van der Waals surface area (Å²) in [4.78, 5) is 14.2. The number of aliphatic carboxylic acids is 1. The molecule has 1 aromatic carbocycles. The van der Waals surface area contributed by atoms with Crippen molar-refractivity contribution in [3.05, 3.63) is 36.4 Å². The van der Waals surface area contributed by atoms with Crippen LogP contribution in [0.3, 0.4) is 0 Å². The molecule has 0 radical (unpaired) electrons. The van der Waals surface area contributed by atoms with Gasteiger partial charge in [0.1, 0.15) is 10.3 Å². The van der Waals surface area contributed by atoms with E-state index in [1.165, 1.54) is 6.07 Å². The highest BCUT2D eigenvalue weighted by Crippen LogP contribution is 2.32. The first-order chi connectivity index (χ1) is 12.2. The monoisotopic (exact) mass is 396 g/mol. The van der Waals surface area contributed by atoms with Crippen molar-refractivity contribution in [2.24, 2.45) is 5.92 Å². The molecule has 0 bridgehead atoms. The number of hydrogen-bond acceptors (Lipinski definition) is 5. The molecule has 0 fully saturated rings. The van der Waals surface area contributed by atoms with Crippen LogP contribution in [0.25, 0.3) is 10.4 Å². The Bertz CT molecular complexity index is 858. The van der Waals surface area contributed by atoms with Crippen LogP contribution in [-0.2, 0) is 14.8 Å². The molecule has 0 saturated heterocycles. The summed E-state index contributed by atoms with van der Waals surface area (Å²) in [5.74, 6) is -1.54. The molecule has 1 heterocycles. The molecule has 0 aliphatic heterocycles. The first-order valence-corrected chi connectivity index (χ1v) is 10.6. The van der Waals surface area contributed by atoms with E-state index in [0.29, 0.717) is 0 Å². The molecule has 0 unspecified atom stereocenters. The number of carboxylic acid groups (broad SMARTS) is 1. The van der Waals surface area contributed by atoms with Gasteiger partial charge in [0, 0.05) is 24.2 Å². The van der Waals surface area contributed by atoms with Crippen LogP contribution in [0.5, 0.6) is 0 Å². The molecule has 142 valence electrons. The zero-order chi connectivity index (χ0) is 19.5. The molecule has 1 aromatic heterocycles. The Hall–Kier alpha value is -1.90. The van der Waals surface area contributed by atoms with Gasteiger partial charge in [0.25, 0.3) is 10.0 Å². The fourth-order valence-electron chi connectivity index (χ4n) is 2.38. The number of rotatable bonds is 8. The number of sulfonamides is 1. The van der Waals surface area contributed by atoms with Crippen LogP contribution in [0.15, 0.2) is 40.6 Å². The molecule has 26 heavy (non-hydrogen) atoms. The van der Waals surface area contributed by atoms with Crippen LogP contribution in [0.4, 0.5) is 5.69 Å². The van der Waals surface area contributed by atoms with Gasteiger partial charge in [-0.05, 0) is 42.7 Å². The van der Waals surface area contributed by atoms with Crippen LogP contribution in [0, 0.1) is 5.92 Å². The minimum absolute atomic E-state index is 0.106. The number of carboxylic acids is 1. The summed E-state index contributed by atoms with van der Waals surface area (Å²) in [5, 5.41) is 9.20. The fourth-order valence-corrected chi connectivity index (χ4v) is 5.05. The summed E-state index contributed by atoms with van der Waals surface area (Å²) >= 11 is 1.12. The van der Waals surface area contributed by atoms with E-state index >= 15 is 0 Å². The van der Waals surface area contributed by atoms with E-state index in [2.05, 4.69) is 16.5 Å². The summed E-state index contributed by atoms with van der Waals surface area (Å²) < 4.78 is 27.4. The minimum atomic E-state index is -3.88. The van der Waals surface area contributed by atoms with Gasteiger partial charge in [0.05, 0.1) is 0 Å². The Morgan fingerprint density at radius 1 is 1.19 bits per heavy atom. The van der Waals surface area contributed by atoms with Crippen LogP contribution in [0.2, 0.25) is 0 Å².